The maximum atomic E-state index is 13.4. The van der Waals surface area contributed by atoms with Crippen molar-refractivity contribution in [2.24, 2.45) is 0 Å². The Labute approximate surface area is 232 Å². The first-order chi connectivity index (χ1) is 18.4. The summed E-state index contributed by atoms with van der Waals surface area (Å²) in [6.45, 7) is 3.93. The standard InChI is InChI=1S/C30H34N2O4S2/c1-4-10-26(33)31-21-13-9-14-22(18-21)37-24(5-2)28(34)32-29-27(30(35)36-3)23-16-15-20(17-25(23)38-29)19-11-7-6-8-12-19/h6-9,11-14,18,20,24H,4-5,10,15-17H2,1-3H3,(H,31,33)(H,32,34). The number of thiophene rings is 1. The molecule has 1 heterocycles. The SMILES string of the molecule is CCCC(=O)Nc1cccc(SC(CC)C(=O)Nc2sc3c(c2C(=O)OC)CCC(c2ccccc2)C3)c1. The quantitative estimate of drug-likeness (QED) is 0.209. The maximum absolute atomic E-state index is 13.4. The molecular weight excluding hydrogens is 516 g/mol. The summed E-state index contributed by atoms with van der Waals surface area (Å²) in [4.78, 5) is 40.2. The number of thioether (sulfide) groups is 1. The predicted octanol–water partition coefficient (Wildman–Crippen LogP) is 7.06. The summed E-state index contributed by atoms with van der Waals surface area (Å²) in [6, 6.07) is 18.0. The monoisotopic (exact) mass is 550 g/mol. The second kappa shape index (κ2) is 13.1. The van der Waals surface area contributed by atoms with E-state index in [-0.39, 0.29) is 17.1 Å². The highest BCUT2D eigenvalue weighted by molar-refractivity contribution is 8.00. The van der Waals surface area contributed by atoms with E-state index in [2.05, 4.69) is 34.9 Å². The molecule has 1 aromatic heterocycles. The molecule has 2 atom stereocenters. The molecule has 0 radical (unpaired) electrons. The molecule has 1 aliphatic carbocycles. The van der Waals surface area contributed by atoms with Gasteiger partial charge in [0, 0.05) is 21.9 Å². The van der Waals surface area contributed by atoms with E-state index in [0.29, 0.717) is 29.3 Å². The van der Waals surface area contributed by atoms with Gasteiger partial charge in [-0.05, 0) is 67.3 Å². The van der Waals surface area contributed by atoms with Crippen molar-refractivity contribution in [1.82, 2.24) is 0 Å². The molecular formula is C30H34N2O4S2. The number of rotatable bonds is 10. The zero-order chi connectivity index (χ0) is 27.1. The number of hydrogen-bond acceptors (Lipinski definition) is 6. The number of ether oxygens (including phenoxy) is 1. The number of benzene rings is 2. The predicted molar refractivity (Wildman–Crippen MR) is 155 cm³/mol. The maximum Gasteiger partial charge on any atom is 0.341 e. The summed E-state index contributed by atoms with van der Waals surface area (Å²) in [6.07, 6.45) is 4.42. The average molecular weight is 551 g/mol. The van der Waals surface area contributed by atoms with E-state index in [1.54, 1.807) is 0 Å². The molecule has 1 aliphatic rings. The molecule has 2 amide bonds. The van der Waals surface area contributed by atoms with Crippen LogP contribution >= 0.6 is 23.1 Å². The lowest BCUT2D eigenvalue weighted by Gasteiger charge is -2.22. The van der Waals surface area contributed by atoms with Crippen molar-refractivity contribution in [2.75, 3.05) is 17.7 Å². The number of nitrogens with one attached hydrogen (secondary N) is 2. The van der Waals surface area contributed by atoms with Crippen LogP contribution in [0.15, 0.2) is 59.5 Å². The zero-order valence-electron chi connectivity index (χ0n) is 22.0. The lowest BCUT2D eigenvalue weighted by atomic mass is 9.83. The van der Waals surface area contributed by atoms with E-state index in [1.807, 2.05) is 44.2 Å². The Morgan fingerprint density at radius 2 is 1.87 bits per heavy atom. The van der Waals surface area contributed by atoms with Gasteiger partial charge in [-0.15, -0.1) is 23.1 Å². The van der Waals surface area contributed by atoms with E-state index < -0.39 is 5.97 Å². The van der Waals surface area contributed by atoms with Gasteiger partial charge < -0.3 is 15.4 Å². The number of amides is 2. The van der Waals surface area contributed by atoms with E-state index in [9.17, 15) is 14.4 Å². The highest BCUT2D eigenvalue weighted by Crippen LogP contribution is 2.43. The Hall–Kier alpha value is -3.10. The van der Waals surface area contributed by atoms with Gasteiger partial charge in [0.05, 0.1) is 17.9 Å². The lowest BCUT2D eigenvalue weighted by molar-refractivity contribution is -0.116. The Morgan fingerprint density at radius 3 is 2.58 bits per heavy atom. The first-order valence-electron chi connectivity index (χ1n) is 13.1. The van der Waals surface area contributed by atoms with Crippen LogP contribution in [0.4, 0.5) is 10.7 Å². The number of hydrogen-bond donors (Lipinski definition) is 2. The van der Waals surface area contributed by atoms with E-state index in [1.165, 1.54) is 35.8 Å². The van der Waals surface area contributed by atoms with Crippen LogP contribution in [0.3, 0.4) is 0 Å². The molecule has 38 heavy (non-hydrogen) atoms. The van der Waals surface area contributed by atoms with Crippen LogP contribution < -0.4 is 10.6 Å². The first-order valence-corrected chi connectivity index (χ1v) is 14.8. The topological polar surface area (TPSA) is 84.5 Å². The number of methoxy groups -OCH3 is 1. The molecule has 200 valence electrons. The molecule has 6 nitrogen and oxygen atoms in total. The molecule has 0 saturated heterocycles. The van der Waals surface area contributed by atoms with Crippen LogP contribution in [-0.2, 0) is 27.2 Å². The minimum Gasteiger partial charge on any atom is -0.465 e. The number of anilines is 2. The molecule has 4 rings (SSSR count). The molecule has 8 heteroatoms. The number of fused-ring (bicyclic) bond motifs is 1. The second-order valence-corrected chi connectivity index (χ2v) is 11.8. The van der Waals surface area contributed by atoms with Gasteiger partial charge in [-0.3, -0.25) is 9.59 Å². The third-order valence-electron chi connectivity index (χ3n) is 6.70. The summed E-state index contributed by atoms with van der Waals surface area (Å²) in [5.41, 5.74) is 3.51. The summed E-state index contributed by atoms with van der Waals surface area (Å²) >= 11 is 2.94. The van der Waals surface area contributed by atoms with Crippen molar-refractivity contribution in [3.8, 4) is 0 Å². The van der Waals surface area contributed by atoms with Gasteiger partial charge in [0.15, 0.2) is 0 Å². The van der Waals surface area contributed by atoms with Gasteiger partial charge >= 0.3 is 5.97 Å². The summed E-state index contributed by atoms with van der Waals surface area (Å²) in [5, 5.41) is 6.18. The van der Waals surface area contributed by atoms with Crippen LogP contribution in [0.5, 0.6) is 0 Å². The fourth-order valence-electron chi connectivity index (χ4n) is 4.78. The summed E-state index contributed by atoms with van der Waals surface area (Å²) in [7, 11) is 1.38. The van der Waals surface area contributed by atoms with Gasteiger partial charge in [-0.1, -0.05) is 50.2 Å². The van der Waals surface area contributed by atoms with Crippen LogP contribution in [0, 0.1) is 0 Å². The van der Waals surface area contributed by atoms with Crippen molar-refractivity contribution >= 4 is 51.6 Å². The second-order valence-electron chi connectivity index (χ2n) is 9.38. The summed E-state index contributed by atoms with van der Waals surface area (Å²) < 4.78 is 5.12. The molecule has 0 bridgehead atoms. The van der Waals surface area contributed by atoms with Gasteiger partial charge in [0.25, 0.3) is 0 Å². The van der Waals surface area contributed by atoms with Gasteiger partial charge in [0.2, 0.25) is 11.8 Å². The van der Waals surface area contributed by atoms with Gasteiger partial charge in [0.1, 0.15) is 5.00 Å². The number of esters is 1. The fraction of sp³-hybridized carbons (Fsp3) is 0.367. The molecule has 2 aromatic carbocycles. The summed E-state index contributed by atoms with van der Waals surface area (Å²) in [5.74, 6) is -0.195. The van der Waals surface area contributed by atoms with E-state index >= 15 is 0 Å². The van der Waals surface area contributed by atoms with Crippen molar-refractivity contribution in [1.29, 1.82) is 0 Å². The normalized spacial score (nSPS) is 15.3. The molecule has 2 N–H and O–H groups in total. The molecule has 0 aliphatic heterocycles. The average Bonchev–Trinajstić information content (AvgIpc) is 3.29. The lowest BCUT2D eigenvalue weighted by Crippen LogP contribution is -2.25. The van der Waals surface area contributed by atoms with Crippen molar-refractivity contribution in [2.45, 2.75) is 68.4 Å². The van der Waals surface area contributed by atoms with Crippen LogP contribution in [0.2, 0.25) is 0 Å². The number of carbonyl (C=O) groups is 3. The van der Waals surface area contributed by atoms with Gasteiger partial charge in [-0.2, -0.15) is 0 Å². The van der Waals surface area contributed by atoms with Gasteiger partial charge in [-0.25, -0.2) is 4.79 Å². The highest BCUT2D eigenvalue weighted by atomic mass is 32.2. The van der Waals surface area contributed by atoms with Crippen LogP contribution in [-0.4, -0.2) is 30.1 Å². The Morgan fingerprint density at radius 1 is 1.08 bits per heavy atom. The van der Waals surface area contributed by atoms with Crippen LogP contribution in [0.25, 0.3) is 0 Å². The van der Waals surface area contributed by atoms with Crippen molar-refractivity contribution in [3.05, 3.63) is 76.2 Å². The molecule has 0 fully saturated rings. The fourth-order valence-corrected chi connectivity index (χ4v) is 7.11. The van der Waals surface area contributed by atoms with Crippen molar-refractivity contribution in [3.63, 3.8) is 0 Å². The number of carbonyl (C=O) groups excluding carboxylic acids is 3. The largest absolute Gasteiger partial charge is 0.465 e. The minimum atomic E-state index is -0.410. The molecule has 3 aromatic rings. The minimum absolute atomic E-state index is 0.0223. The third kappa shape index (κ3) is 6.66. The third-order valence-corrected chi connectivity index (χ3v) is 9.23. The first kappa shape index (κ1) is 27.9. The van der Waals surface area contributed by atoms with Crippen molar-refractivity contribution < 1.29 is 19.1 Å². The molecule has 0 spiro atoms. The Balaban J connectivity index is 1.51. The Kier molecular flexibility index (Phi) is 9.63. The zero-order valence-corrected chi connectivity index (χ0v) is 23.7. The molecule has 2 unspecified atom stereocenters. The molecule has 0 saturated carbocycles. The van der Waals surface area contributed by atoms with E-state index in [4.69, 9.17) is 4.74 Å². The highest BCUT2D eigenvalue weighted by Gasteiger charge is 2.31. The Bertz CT molecular complexity index is 1290. The van der Waals surface area contributed by atoms with Crippen LogP contribution in [0.1, 0.15) is 71.8 Å². The van der Waals surface area contributed by atoms with E-state index in [0.717, 1.165) is 46.7 Å². The smallest absolute Gasteiger partial charge is 0.341 e.